The predicted octanol–water partition coefficient (Wildman–Crippen LogP) is 1.92. The van der Waals surface area contributed by atoms with Crippen molar-refractivity contribution in [3.05, 3.63) is 35.7 Å². The second-order valence-electron chi connectivity index (χ2n) is 4.24. The van der Waals surface area contributed by atoms with Crippen molar-refractivity contribution < 1.29 is 9.47 Å². The highest BCUT2D eigenvalue weighted by molar-refractivity contribution is 5.49. The Morgan fingerprint density at radius 3 is 2.58 bits per heavy atom. The molecule has 2 aromatic rings. The minimum Gasteiger partial charge on any atom is -0.493 e. The van der Waals surface area contributed by atoms with Crippen LogP contribution in [0, 0.1) is 6.92 Å². The molecule has 0 saturated heterocycles. The Labute approximate surface area is 113 Å². The van der Waals surface area contributed by atoms with Crippen LogP contribution in [0.4, 0.5) is 0 Å². The number of nitrogens with one attached hydrogen (secondary N) is 1. The molecule has 0 atom stereocenters. The molecule has 0 fully saturated rings. The molecule has 0 radical (unpaired) electrons. The van der Waals surface area contributed by atoms with Crippen LogP contribution >= 0.6 is 0 Å². The van der Waals surface area contributed by atoms with Gasteiger partial charge in [-0.1, -0.05) is 0 Å². The topological polar surface area (TPSA) is 48.3 Å². The van der Waals surface area contributed by atoms with E-state index >= 15 is 0 Å². The molecule has 19 heavy (non-hydrogen) atoms. The van der Waals surface area contributed by atoms with Gasteiger partial charge < -0.3 is 14.8 Å². The van der Waals surface area contributed by atoms with Crippen molar-refractivity contribution in [3.8, 4) is 17.2 Å². The molecule has 1 N–H and O–H groups in total. The van der Waals surface area contributed by atoms with Crippen LogP contribution in [-0.4, -0.2) is 31.0 Å². The largest absolute Gasteiger partial charge is 0.493 e. The fourth-order valence-corrected chi connectivity index (χ4v) is 2.02. The third-order valence-electron chi connectivity index (χ3n) is 3.09. The summed E-state index contributed by atoms with van der Waals surface area (Å²) in [6, 6.07) is 5.76. The Balaban J connectivity index is 2.41. The first kappa shape index (κ1) is 13.4. The molecular formula is C14H19N3O2. The fourth-order valence-electron chi connectivity index (χ4n) is 2.02. The van der Waals surface area contributed by atoms with Gasteiger partial charge in [0.2, 0.25) is 0 Å². The first-order valence-corrected chi connectivity index (χ1v) is 6.11. The maximum absolute atomic E-state index is 5.31. The molecular weight excluding hydrogens is 242 g/mol. The summed E-state index contributed by atoms with van der Waals surface area (Å²) >= 11 is 0. The smallest absolute Gasteiger partial charge is 0.162 e. The molecule has 1 heterocycles. The van der Waals surface area contributed by atoms with E-state index in [4.69, 9.17) is 9.47 Å². The van der Waals surface area contributed by atoms with Crippen LogP contribution in [0.25, 0.3) is 5.69 Å². The molecule has 0 amide bonds. The van der Waals surface area contributed by atoms with Gasteiger partial charge in [0.15, 0.2) is 11.5 Å². The van der Waals surface area contributed by atoms with Gasteiger partial charge in [0.05, 0.1) is 26.1 Å². The summed E-state index contributed by atoms with van der Waals surface area (Å²) in [5.41, 5.74) is 3.25. The average Bonchev–Trinajstić information content (AvgIpc) is 2.80. The van der Waals surface area contributed by atoms with Crippen LogP contribution in [0.1, 0.15) is 11.3 Å². The summed E-state index contributed by atoms with van der Waals surface area (Å²) < 4.78 is 12.4. The van der Waals surface area contributed by atoms with Crippen molar-refractivity contribution in [3.63, 3.8) is 0 Å². The van der Waals surface area contributed by atoms with Crippen molar-refractivity contribution in [1.29, 1.82) is 0 Å². The maximum Gasteiger partial charge on any atom is 0.162 e. The molecule has 0 spiro atoms. The van der Waals surface area contributed by atoms with Crippen molar-refractivity contribution in [2.24, 2.45) is 0 Å². The van der Waals surface area contributed by atoms with Gasteiger partial charge in [0.25, 0.3) is 0 Å². The number of nitrogens with zero attached hydrogens (tertiary/aromatic N) is 2. The van der Waals surface area contributed by atoms with E-state index in [1.165, 1.54) is 5.56 Å². The Bertz CT molecular complexity index is 564. The van der Waals surface area contributed by atoms with Gasteiger partial charge in [-0.25, -0.2) is 4.68 Å². The quantitative estimate of drug-likeness (QED) is 0.893. The molecule has 5 heteroatoms. The van der Waals surface area contributed by atoms with E-state index in [-0.39, 0.29) is 0 Å². The molecule has 2 rings (SSSR count). The second-order valence-corrected chi connectivity index (χ2v) is 4.24. The zero-order chi connectivity index (χ0) is 13.8. The lowest BCUT2D eigenvalue weighted by Crippen LogP contribution is -2.06. The Morgan fingerprint density at radius 1 is 1.21 bits per heavy atom. The Morgan fingerprint density at radius 2 is 1.95 bits per heavy atom. The van der Waals surface area contributed by atoms with E-state index in [0.29, 0.717) is 11.5 Å². The predicted molar refractivity (Wildman–Crippen MR) is 74.2 cm³/mol. The molecule has 0 unspecified atom stereocenters. The van der Waals surface area contributed by atoms with E-state index in [0.717, 1.165) is 17.9 Å². The molecule has 5 nitrogen and oxygen atoms in total. The number of hydrogen-bond donors (Lipinski definition) is 1. The summed E-state index contributed by atoms with van der Waals surface area (Å²) in [7, 11) is 5.18. The van der Waals surface area contributed by atoms with E-state index in [9.17, 15) is 0 Å². The third kappa shape index (κ3) is 2.56. The first-order chi connectivity index (χ1) is 9.21. The van der Waals surface area contributed by atoms with Gasteiger partial charge in [-0.05, 0) is 26.1 Å². The zero-order valence-corrected chi connectivity index (χ0v) is 11.7. The van der Waals surface area contributed by atoms with E-state index in [1.54, 1.807) is 14.2 Å². The van der Waals surface area contributed by atoms with Crippen LogP contribution in [0.2, 0.25) is 0 Å². The Kier molecular flexibility index (Phi) is 4.06. The molecule has 102 valence electrons. The van der Waals surface area contributed by atoms with Crippen LogP contribution < -0.4 is 14.8 Å². The second kappa shape index (κ2) is 5.75. The number of ether oxygens (including phenoxy) is 2. The number of benzene rings is 1. The minimum absolute atomic E-state index is 0.699. The number of methoxy groups -OCH3 is 2. The lowest BCUT2D eigenvalue weighted by atomic mass is 10.2. The highest BCUT2D eigenvalue weighted by Gasteiger charge is 2.10. The third-order valence-corrected chi connectivity index (χ3v) is 3.09. The van der Waals surface area contributed by atoms with Gasteiger partial charge in [-0.2, -0.15) is 5.10 Å². The van der Waals surface area contributed by atoms with Crippen molar-refractivity contribution in [1.82, 2.24) is 15.1 Å². The van der Waals surface area contributed by atoms with E-state index < -0.39 is 0 Å². The number of aromatic nitrogens is 2. The zero-order valence-electron chi connectivity index (χ0n) is 11.7. The summed E-state index contributed by atoms with van der Waals surface area (Å²) in [4.78, 5) is 0. The molecule has 0 aliphatic carbocycles. The number of hydrogen-bond acceptors (Lipinski definition) is 4. The van der Waals surface area contributed by atoms with Gasteiger partial charge in [0.1, 0.15) is 0 Å². The van der Waals surface area contributed by atoms with Gasteiger partial charge in [0, 0.05) is 23.9 Å². The highest BCUT2D eigenvalue weighted by atomic mass is 16.5. The monoisotopic (exact) mass is 261 g/mol. The highest BCUT2D eigenvalue weighted by Crippen LogP contribution is 2.29. The normalized spacial score (nSPS) is 10.5. The van der Waals surface area contributed by atoms with Gasteiger partial charge in [-0.15, -0.1) is 0 Å². The van der Waals surface area contributed by atoms with Crippen molar-refractivity contribution >= 4 is 0 Å². The van der Waals surface area contributed by atoms with Crippen molar-refractivity contribution in [2.75, 3.05) is 21.3 Å². The standard InChI is InChI=1S/C14H19N3O2/c1-10-11(8-15-2)9-16-17(10)12-5-6-13(18-3)14(7-12)19-4/h5-7,9,15H,8H2,1-4H3. The molecule has 0 saturated carbocycles. The molecule has 1 aromatic heterocycles. The molecule has 0 bridgehead atoms. The summed E-state index contributed by atoms with van der Waals surface area (Å²) in [6.07, 6.45) is 1.88. The molecule has 1 aromatic carbocycles. The van der Waals surface area contributed by atoms with Crippen LogP contribution in [-0.2, 0) is 6.54 Å². The van der Waals surface area contributed by atoms with Crippen LogP contribution in [0.3, 0.4) is 0 Å². The van der Waals surface area contributed by atoms with Crippen LogP contribution in [0.15, 0.2) is 24.4 Å². The summed E-state index contributed by atoms with van der Waals surface area (Å²) in [6.45, 7) is 2.86. The molecule has 0 aliphatic heterocycles. The first-order valence-electron chi connectivity index (χ1n) is 6.11. The summed E-state index contributed by atoms with van der Waals surface area (Å²) in [5, 5.41) is 7.55. The molecule has 0 aliphatic rings. The summed E-state index contributed by atoms with van der Waals surface area (Å²) in [5.74, 6) is 1.41. The maximum atomic E-state index is 5.31. The fraction of sp³-hybridized carbons (Fsp3) is 0.357. The lowest BCUT2D eigenvalue weighted by Gasteiger charge is -2.11. The Hall–Kier alpha value is -2.01. The lowest BCUT2D eigenvalue weighted by molar-refractivity contribution is 0.354. The van der Waals surface area contributed by atoms with E-state index in [1.807, 2.05) is 36.1 Å². The van der Waals surface area contributed by atoms with Gasteiger partial charge in [-0.3, -0.25) is 0 Å². The van der Waals surface area contributed by atoms with Gasteiger partial charge >= 0.3 is 0 Å². The number of rotatable bonds is 5. The average molecular weight is 261 g/mol. The van der Waals surface area contributed by atoms with Crippen LogP contribution in [0.5, 0.6) is 11.5 Å². The van der Waals surface area contributed by atoms with E-state index in [2.05, 4.69) is 17.3 Å². The minimum atomic E-state index is 0.699. The SMILES string of the molecule is CNCc1cnn(-c2ccc(OC)c(OC)c2)c1C. The van der Waals surface area contributed by atoms with Crippen molar-refractivity contribution in [2.45, 2.75) is 13.5 Å².